The minimum absolute atomic E-state index is 0.113. The number of hydrogen-bond donors (Lipinski definition) is 0. The van der Waals surface area contributed by atoms with E-state index in [0.29, 0.717) is 5.16 Å². The van der Waals surface area contributed by atoms with E-state index in [9.17, 15) is 14.9 Å². The topological polar surface area (TPSA) is 86.0 Å². The molecule has 0 spiro atoms. The van der Waals surface area contributed by atoms with Crippen LogP contribution in [0.3, 0.4) is 0 Å². The van der Waals surface area contributed by atoms with Crippen LogP contribution in [0.4, 0.5) is 5.69 Å². The highest BCUT2D eigenvalue weighted by atomic mass is 32.2. The highest BCUT2D eigenvalue weighted by Gasteiger charge is 2.14. The van der Waals surface area contributed by atoms with E-state index in [4.69, 9.17) is 0 Å². The Morgan fingerprint density at radius 3 is 2.45 bits per heavy atom. The predicted octanol–water partition coefficient (Wildman–Crippen LogP) is 2.93. The third-order valence-electron chi connectivity index (χ3n) is 2.44. The van der Waals surface area contributed by atoms with Gasteiger partial charge in [0.25, 0.3) is 5.69 Å². The van der Waals surface area contributed by atoms with Gasteiger partial charge in [-0.1, -0.05) is 6.07 Å². The van der Waals surface area contributed by atoms with E-state index < -0.39 is 4.92 Å². The minimum atomic E-state index is -0.533. The fourth-order valence-corrected chi connectivity index (χ4v) is 2.42. The Labute approximate surface area is 119 Å². The Kier molecular flexibility index (Phi) is 4.09. The van der Waals surface area contributed by atoms with Crippen molar-refractivity contribution in [2.75, 3.05) is 0 Å². The quantitative estimate of drug-likeness (QED) is 0.374. The van der Waals surface area contributed by atoms with Gasteiger partial charge in [-0.15, -0.1) is 0 Å². The first-order valence-electron chi connectivity index (χ1n) is 5.74. The van der Waals surface area contributed by atoms with E-state index in [1.165, 1.54) is 24.3 Å². The lowest BCUT2D eigenvalue weighted by atomic mass is 10.2. The molecule has 0 radical (unpaired) electrons. The summed E-state index contributed by atoms with van der Waals surface area (Å²) in [4.78, 5) is 30.5. The third kappa shape index (κ3) is 3.39. The summed E-state index contributed by atoms with van der Waals surface area (Å²) in [6, 6.07) is 7.41. The molecule has 0 unspecified atom stereocenters. The van der Waals surface area contributed by atoms with Gasteiger partial charge in [0.1, 0.15) is 0 Å². The van der Waals surface area contributed by atoms with Gasteiger partial charge in [-0.3, -0.25) is 14.9 Å². The van der Waals surface area contributed by atoms with E-state index in [0.717, 1.165) is 23.1 Å². The molecule has 1 aromatic carbocycles. The first-order valence-corrected chi connectivity index (χ1v) is 6.56. The molecule has 2 aromatic rings. The van der Waals surface area contributed by atoms with Crippen molar-refractivity contribution < 1.29 is 9.72 Å². The Morgan fingerprint density at radius 2 is 1.85 bits per heavy atom. The van der Waals surface area contributed by atoms with Gasteiger partial charge in [-0.05, 0) is 37.7 Å². The molecular weight excluding hydrogens is 278 g/mol. The summed E-state index contributed by atoms with van der Waals surface area (Å²) in [5.74, 6) is 0. The highest BCUT2D eigenvalue weighted by Crippen LogP contribution is 2.22. The number of aromatic nitrogens is 2. The second-order valence-corrected chi connectivity index (χ2v) is 5.07. The first-order chi connectivity index (χ1) is 9.45. The van der Waals surface area contributed by atoms with E-state index in [1.807, 2.05) is 19.9 Å². The normalized spacial score (nSPS) is 10.3. The predicted molar refractivity (Wildman–Crippen MR) is 74.8 cm³/mol. The Bertz CT molecular complexity index is 668. The summed E-state index contributed by atoms with van der Waals surface area (Å²) in [5, 5.41) is 10.7. The van der Waals surface area contributed by atoms with Crippen molar-refractivity contribution >= 4 is 22.6 Å². The number of aryl methyl sites for hydroxylation is 2. The zero-order valence-corrected chi connectivity index (χ0v) is 11.7. The number of non-ortho nitro benzene ring substituents is 1. The van der Waals surface area contributed by atoms with Crippen LogP contribution in [0.2, 0.25) is 0 Å². The van der Waals surface area contributed by atoms with Crippen LogP contribution < -0.4 is 0 Å². The summed E-state index contributed by atoms with van der Waals surface area (Å²) in [5.41, 5.74) is 1.68. The molecule has 0 aliphatic carbocycles. The average Bonchev–Trinajstić information content (AvgIpc) is 2.37. The Hall–Kier alpha value is -2.28. The maximum absolute atomic E-state index is 12.1. The van der Waals surface area contributed by atoms with Gasteiger partial charge >= 0.3 is 0 Å². The number of rotatable bonds is 3. The van der Waals surface area contributed by atoms with Crippen LogP contribution in [0.5, 0.6) is 0 Å². The first kappa shape index (κ1) is 14.1. The molecule has 1 heterocycles. The zero-order valence-electron chi connectivity index (χ0n) is 10.9. The summed E-state index contributed by atoms with van der Waals surface area (Å²) in [6.45, 7) is 3.63. The number of carbonyl (C=O) groups is 1. The molecule has 0 atom stereocenters. The number of nitro benzene ring substituents is 1. The van der Waals surface area contributed by atoms with E-state index in [1.54, 1.807) is 0 Å². The lowest BCUT2D eigenvalue weighted by molar-refractivity contribution is -0.384. The zero-order chi connectivity index (χ0) is 14.7. The van der Waals surface area contributed by atoms with Crippen molar-refractivity contribution in [1.29, 1.82) is 0 Å². The van der Waals surface area contributed by atoms with Crippen molar-refractivity contribution in [2.24, 2.45) is 0 Å². The molecular formula is C13H11N3O3S. The van der Waals surface area contributed by atoms with Crippen LogP contribution in [0.1, 0.15) is 21.7 Å². The fraction of sp³-hybridized carbons (Fsp3) is 0.154. The molecule has 0 fully saturated rings. The smallest absolute Gasteiger partial charge is 0.270 e. The molecule has 2 rings (SSSR count). The van der Waals surface area contributed by atoms with Gasteiger partial charge in [0.05, 0.1) is 4.92 Å². The van der Waals surface area contributed by atoms with Gasteiger partial charge in [0.15, 0.2) is 5.16 Å². The van der Waals surface area contributed by atoms with Gasteiger partial charge in [-0.25, -0.2) is 9.97 Å². The van der Waals surface area contributed by atoms with Crippen LogP contribution in [-0.4, -0.2) is 20.0 Å². The summed E-state index contributed by atoms with van der Waals surface area (Å²) < 4.78 is 0. The molecule has 102 valence electrons. The monoisotopic (exact) mass is 289 g/mol. The molecule has 0 saturated carbocycles. The standard InChI is InChI=1S/C13H11N3O3S/c1-8-6-9(2)15-13(14-8)20-12(17)10-4-3-5-11(7-10)16(18)19/h3-7H,1-2H3. The highest BCUT2D eigenvalue weighted by molar-refractivity contribution is 8.14. The van der Waals surface area contributed by atoms with Gasteiger partial charge in [0.2, 0.25) is 5.12 Å². The lowest BCUT2D eigenvalue weighted by Crippen LogP contribution is -1.99. The Balaban J connectivity index is 2.23. The second kappa shape index (κ2) is 5.79. The summed E-state index contributed by atoms with van der Waals surface area (Å²) >= 11 is 0.862. The average molecular weight is 289 g/mol. The number of hydrogen-bond acceptors (Lipinski definition) is 6. The molecule has 0 saturated heterocycles. The molecule has 0 aliphatic rings. The molecule has 0 bridgehead atoms. The molecule has 20 heavy (non-hydrogen) atoms. The fourth-order valence-electron chi connectivity index (χ4n) is 1.63. The molecule has 0 amide bonds. The van der Waals surface area contributed by atoms with E-state index in [2.05, 4.69) is 9.97 Å². The van der Waals surface area contributed by atoms with Crippen molar-refractivity contribution in [3.63, 3.8) is 0 Å². The van der Waals surface area contributed by atoms with Crippen molar-refractivity contribution in [2.45, 2.75) is 19.0 Å². The van der Waals surface area contributed by atoms with Crippen LogP contribution in [0.15, 0.2) is 35.5 Å². The summed E-state index contributed by atoms with van der Waals surface area (Å²) in [7, 11) is 0. The maximum atomic E-state index is 12.1. The lowest BCUT2D eigenvalue weighted by Gasteiger charge is -2.02. The van der Waals surface area contributed by atoms with Crippen LogP contribution in [-0.2, 0) is 0 Å². The SMILES string of the molecule is Cc1cc(C)nc(SC(=O)c2cccc([N+](=O)[O-])c2)n1. The van der Waals surface area contributed by atoms with Gasteiger partial charge in [0, 0.05) is 29.1 Å². The molecule has 7 heteroatoms. The number of benzene rings is 1. The molecule has 6 nitrogen and oxygen atoms in total. The number of nitrogens with zero attached hydrogens (tertiary/aromatic N) is 3. The largest absolute Gasteiger partial charge is 0.281 e. The minimum Gasteiger partial charge on any atom is -0.281 e. The molecule has 1 aromatic heterocycles. The van der Waals surface area contributed by atoms with Crippen molar-refractivity contribution in [3.05, 3.63) is 57.4 Å². The molecule has 0 N–H and O–H groups in total. The van der Waals surface area contributed by atoms with Gasteiger partial charge < -0.3 is 0 Å². The number of nitro groups is 1. The summed E-state index contributed by atoms with van der Waals surface area (Å²) in [6.07, 6.45) is 0. The second-order valence-electron chi connectivity index (χ2n) is 4.13. The number of carbonyl (C=O) groups excluding carboxylic acids is 1. The van der Waals surface area contributed by atoms with E-state index in [-0.39, 0.29) is 16.4 Å². The van der Waals surface area contributed by atoms with Crippen LogP contribution >= 0.6 is 11.8 Å². The van der Waals surface area contributed by atoms with Crippen molar-refractivity contribution in [3.8, 4) is 0 Å². The van der Waals surface area contributed by atoms with Gasteiger partial charge in [-0.2, -0.15) is 0 Å². The van der Waals surface area contributed by atoms with Crippen LogP contribution in [0, 0.1) is 24.0 Å². The van der Waals surface area contributed by atoms with Crippen LogP contribution in [0.25, 0.3) is 0 Å². The maximum Gasteiger partial charge on any atom is 0.270 e. The van der Waals surface area contributed by atoms with E-state index >= 15 is 0 Å². The molecule has 0 aliphatic heterocycles. The van der Waals surface area contributed by atoms with Crippen molar-refractivity contribution in [1.82, 2.24) is 9.97 Å². The number of thioether (sulfide) groups is 1. The third-order valence-corrected chi connectivity index (χ3v) is 3.22. The Morgan fingerprint density at radius 1 is 1.20 bits per heavy atom.